The van der Waals surface area contributed by atoms with Crippen molar-refractivity contribution in [2.45, 2.75) is 11.8 Å². The molecule has 0 saturated carbocycles. The van der Waals surface area contributed by atoms with Crippen LogP contribution < -0.4 is 4.31 Å². The van der Waals surface area contributed by atoms with E-state index in [0.29, 0.717) is 5.69 Å². The van der Waals surface area contributed by atoms with E-state index >= 15 is 0 Å². The molecule has 4 nitrogen and oxygen atoms in total. The predicted molar refractivity (Wildman–Crippen MR) is 74.9 cm³/mol. The van der Waals surface area contributed by atoms with Crippen molar-refractivity contribution in [1.82, 2.24) is 0 Å². The quantitative estimate of drug-likeness (QED) is 0.938. The minimum absolute atomic E-state index is 0.0393. The number of rotatable bonds is 3. The molecule has 0 aliphatic rings. The summed E-state index contributed by atoms with van der Waals surface area (Å²) in [5, 5.41) is 9.21. The molecule has 0 saturated heterocycles. The van der Waals surface area contributed by atoms with Crippen molar-refractivity contribution in [3.63, 3.8) is 0 Å². The van der Waals surface area contributed by atoms with Crippen LogP contribution in [0.2, 0.25) is 0 Å². The van der Waals surface area contributed by atoms with E-state index in [1.54, 1.807) is 12.1 Å². The van der Waals surface area contributed by atoms with E-state index in [4.69, 9.17) is 0 Å². The van der Waals surface area contributed by atoms with E-state index in [1.165, 1.54) is 35.6 Å². The summed E-state index contributed by atoms with van der Waals surface area (Å²) in [6, 6.07) is 12.8. The summed E-state index contributed by atoms with van der Waals surface area (Å²) >= 11 is 0. The molecule has 100 valence electrons. The number of hydrogen-bond acceptors (Lipinski definition) is 3. The van der Waals surface area contributed by atoms with Crippen LogP contribution in [0.1, 0.15) is 5.56 Å². The maximum absolute atomic E-state index is 12.4. The van der Waals surface area contributed by atoms with Crippen molar-refractivity contribution in [3.8, 4) is 5.75 Å². The minimum Gasteiger partial charge on any atom is -0.508 e. The molecule has 1 N–H and O–H groups in total. The highest BCUT2D eigenvalue weighted by Gasteiger charge is 2.22. The first-order valence-electron chi connectivity index (χ1n) is 5.76. The van der Waals surface area contributed by atoms with Gasteiger partial charge in [-0.25, -0.2) is 8.42 Å². The predicted octanol–water partition coefficient (Wildman–Crippen LogP) is 2.53. The van der Waals surface area contributed by atoms with Gasteiger partial charge < -0.3 is 5.11 Å². The van der Waals surface area contributed by atoms with Gasteiger partial charge in [0.2, 0.25) is 0 Å². The topological polar surface area (TPSA) is 57.6 Å². The molecule has 2 rings (SSSR count). The molecule has 0 spiro atoms. The van der Waals surface area contributed by atoms with Gasteiger partial charge in [-0.2, -0.15) is 0 Å². The zero-order valence-electron chi connectivity index (χ0n) is 10.7. The van der Waals surface area contributed by atoms with E-state index in [0.717, 1.165) is 5.56 Å². The Kier molecular flexibility index (Phi) is 3.48. The molecule has 0 aliphatic carbocycles. The first-order valence-corrected chi connectivity index (χ1v) is 7.20. The number of anilines is 1. The smallest absolute Gasteiger partial charge is 0.264 e. The summed E-state index contributed by atoms with van der Waals surface area (Å²) < 4.78 is 26.1. The van der Waals surface area contributed by atoms with E-state index in [2.05, 4.69) is 0 Å². The minimum atomic E-state index is -3.61. The van der Waals surface area contributed by atoms with Crippen molar-refractivity contribution >= 4 is 15.7 Å². The Balaban J connectivity index is 2.45. The Morgan fingerprint density at radius 2 is 1.58 bits per heavy atom. The summed E-state index contributed by atoms with van der Waals surface area (Å²) in [6.07, 6.45) is 0. The third-order valence-corrected chi connectivity index (χ3v) is 4.74. The maximum Gasteiger partial charge on any atom is 0.264 e. The second-order valence-corrected chi connectivity index (χ2v) is 6.22. The standard InChI is InChI=1S/C14H15NO3S/c1-11-5-3-4-6-14(11)15(2)19(17,18)13-9-7-12(16)8-10-13/h3-10,16H,1-2H3. The fraction of sp³-hybridized carbons (Fsp3) is 0.143. The molecule has 2 aromatic rings. The lowest BCUT2D eigenvalue weighted by atomic mass is 10.2. The van der Waals surface area contributed by atoms with E-state index in [1.807, 2.05) is 19.1 Å². The number of aryl methyl sites for hydroxylation is 1. The summed E-state index contributed by atoms with van der Waals surface area (Å²) in [5.41, 5.74) is 1.52. The molecule has 5 heteroatoms. The van der Waals surface area contributed by atoms with Gasteiger partial charge in [-0.05, 0) is 42.8 Å². The van der Waals surface area contributed by atoms with Gasteiger partial charge in [0.15, 0.2) is 0 Å². The third-order valence-electron chi connectivity index (χ3n) is 2.95. The van der Waals surface area contributed by atoms with Gasteiger partial charge in [0.05, 0.1) is 10.6 Å². The van der Waals surface area contributed by atoms with E-state index in [-0.39, 0.29) is 10.6 Å². The van der Waals surface area contributed by atoms with Crippen molar-refractivity contribution in [3.05, 3.63) is 54.1 Å². The fourth-order valence-corrected chi connectivity index (χ4v) is 3.08. The van der Waals surface area contributed by atoms with Gasteiger partial charge in [0, 0.05) is 7.05 Å². The summed E-state index contributed by atoms with van der Waals surface area (Å²) in [7, 11) is -2.09. The molecule has 0 heterocycles. The first kappa shape index (κ1) is 13.4. The summed E-state index contributed by atoms with van der Waals surface area (Å²) in [6.45, 7) is 1.86. The van der Waals surface area contributed by atoms with Gasteiger partial charge in [-0.3, -0.25) is 4.31 Å². The number of sulfonamides is 1. The van der Waals surface area contributed by atoms with Crippen LogP contribution in [0.4, 0.5) is 5.69 Å². The average molecular weight is 277 g/mol. The number of phenols is 1. The molecule has 0 aromatic heterocycles. The SMILES string of the molecule is Cc1ccccc1N(C)S(=O)(=O)c1ccc(O)cc1. The lowest BCUT2D eigenvalue weighted by Crippen LogP contribution is -2.27. The maximum atomic E-state index is 12.4. The highest BCUT2D eigenvalue weighted by Crippen LogP contribution is 2.25. The zero-order valence-corrected chi connectivity index (χ0v) is 11.6. The van der Waals surface area contributed by atoms with Gasteiger partial charge in [-0.1, -0.05) is 18.2 Å². The summed E-state index contributed by atoms with van der Waals surface area (Å²) in [5.74, 6) is 0.0393. The van der Waals surface area contributed by atoms with Gasteiger partial charge in [0.1, 0.15) is 5.75 Å². The van der Waals surface area contributed by atoms with Gasteiger partial charge in [-0.15, -0.1) is 0 Å². The number of hydrogen-bond donors (Lipinski definition) is 1. The molecule has 0 amide bonds. The fourth-order valence-electron chi connectivity index (χ4n) is 1.82. The molecule has 0 atom stereocenters. The van der Waals surface area contributed by atoms with Crippen molar-refractivity contribution in [2.75, 3.05) is 11.4 Å². The highest BCUT2D eigenvalue weighted by molar-refractivity contribution is 7.92. The van der Waals surface area contributed by atoms with Crippen LogP contribution in [-0.4, -0.2) is 20.6 Å². The Bertz CT molecular complexity index is 678. The molecule has 0 fully saturated rings. The van der Waals surface area contributed by atoms with Crippen LogP contribution in [0, 0.1) is 6.92 Å². The number of benzene rings is 2. The van der Waals surface area contributed by atoms with Crippen LogP contribution in [-0.2, 0) is 10.0 Å². The van der Waals surface area contributed by atoms with Crippen molar-refractivity contribution in [2.24, 2.45) is 0 Å². The molecule has 0 unspecified atom stereocenters. The Hall–Kier alpha value is -2.01. The molecular weight excluding hydrogens is 262 g/mol. The van der Waals surface area contributed by atoms with E-state index < -0.39 is 10.0 Å². The Labute approximate surface area is 113 Å². The number of para-hydroxylation sites is 1. The Morgan fingerprint density at radius 3 is 2.16 bits per heavy atom. The van der Waals surface area contributed by atoms with Gasteiger partial charge in [0.25, 0.3) is 10.0 Å². The first-order chi connectivity index (χ1) is 8.93. The lowest BCUT2D eigenvalue weighted by Gasteiger charge is -2.21. The second-order valence-electron chi connectivity index (χ2n) is 4.25. The monoisotopic (exact) mass is 277 g/mol. The summed E-state index contributed by atoms with van der Waals surface area (Å²) in [4.78, 5) is 0.149. The normalized spacial score (nSPS) is 11.3. The largest absolute Gasteiger partial charge is 0.508 e. The lowest BCUT2D eigenvalue weighted by molar-refractivity contribution is 0.475. The molecule has 0 radical (unpaired) electrons. The third kappa shape index (κ3) is 2.56. The van der Waals surface area contributed by atoms with Crippen LogP contribution in [0.15, 0.2) is 53.4 Å². The molecule has 19 heavy (non-hydrogen) atoms. The van der Waals surface area contributed by atoms with Crippen molar-refractivity contribution in [1.29, 1.82) is 0 Å². The van der Waals surface area contributed by atoms with Gasteiger partial charge >= 0.3 is 0 Å². The molecule has 2 aromatic carbocycles. The zero-order chi connectivity index (χ0) is 14.0. The number of aromatic hydroxyl groups is 1. The van der Waals surface area contributed by atoms with Crippen molar-refractivity contribution < 1.29 is 13.5 Å². The number of phenolic OH excluding ortho intramolecular Hbond substituents is 1. The van der Waals surface area contributed by atoms with Crippen LogP contribution in [0.5, 0.6) is 5.75 Å². The van der Waals surface area contributed by atoms with E-state index in [9.17, 15) is 13.5 Å². The molecule has 0 bridgehead atoms. The second kappa shape index (κ2) is 4.93. The van der Waals surface area contributed by atoms with Crippen LogP contribution >= 0.6 is 0 Å². The highest BCUT2D eigenvalue weighted by atomic mass is 32.2. The Morgan fingerprint density at radius 1 is 1.00 bits per heavy atom. The van der Waals surface area contributed by atoms with Crippen LogP contribution in [0.25, 0.3) is 0 Å². The van der Waals surface area contributed by atoms with Crippen LogP contribution in [0.3, 0.4) is 0 Å². The average Bonchev–Trinajstić information content (AvgIpc) is 2.39. The molecule has 0 aliphatic heterocycles. The number of nitrogens with zero attached hydrogens (tertiary/aromatic N) is 1. The molecular formula is C14H15NO3S.